The minimum absolute atomic E-state index is 0.298. The number of methoxy groups -OCH3 is 1. The highest BCUT2D eigenvalue weighted by Gasteiger charge is 2.21. The molecule has 0 aliphatic carbocycles. The third-order valence-electron chi connectivity index (χ3n) is 5.29. The lowest BCUT2D eigenvalue weighted by Crippen LogP contribution is -2.31. The van der Waals surface area contributed by atoms with Gasteiger partial charge in [-0.1, -0.05) is 37.3 Å². The second-order valence-electron chi connectivity index (χ2n) is 7.51. The number of rotatable bonds is 8. The maximum atomic E-state index is 12.9. The van der Waals surface area contributed by atoms with E-state index in [0.717, 1.165) is 17.5 Å². The maximum Gasteiger partial charge on any atom is 0.330 e. The van der Waals surface area contributed by atoms with E-state index in [0.29, 0.717) is 52.7 Å². The summed E-state index contributed by atoms with van der Waals surface area (Å²) in [6, 6.07) is 13.3. The molecule has 0 bridgehead atoms. The first-order valence-corrected chi connectivity index (χ1v) is 11.6. The van der Waals surface area contributed by atoms with E-state index >= 15 is 0 Å². The van der Waals surface area contributed by atoms with Crippen LogP contribution in [0.5, 0.6) is 11.5 Å². The Balaban J connectivity index is 1.99. The van der Waals surface area contributed by atoms with Crippen molar-refractivity contribution in [1.29, 1.82) is 0 Å². The van der Waals surface area contributed by atoms with Crippen LogP contribution in [-0.2, 0) is 13.1 Å². The number of hydrogen-bond donors (Lipinski definition) is 1. The van der Waals surface area contributed by atoms with Gasteiger partial charge in [0, 0.05) is 12.1 Å². The van der Waals surface area contributed by atoms with Gasteiger partial charge in [0.15, 0.2) is 22.7 Å². The number of halogens is 1. The van der Waals surface area contributed by atoms with Crippen molar-refractivity contribution in [2.45, 2.75) is 33.4 Å². The molecule has 9 heteroatoms. The van der Waals surface area contributed by atoms with Gasteiger partial charge in [-0.3, -0.25) is 14.3 Å². The number of benzene rings is 2. The molecule has 4 aromatic rings. The molecule has 2 heterocycles. The van der Waals surface area contributed by atoms with E-state index < -0.39 is 11.2 Å². The Hall–Kier alpha value is -3.33. The largest absolute Gasteiger partial charge is 0.492 e. The third-order valence-corrected chi connectivity index (χ3v) is 5.88. The van der Waals surface area contributed by atoms with E-state index in [2.05, 4.69) is 20.9 Å². The molecule has 0 amide bonds. The van der Waals surface area contributed by atoms with Crippen LogP contribution in [0.25, 0.3) is 22.6 Å². The molecular weight excluding hydrogens is 488 g/mol. The molecule has 0 aliphatic heterocycles. The summed E-state index contributed by atoms with van der Waals surface area (Å²) in [4.78, 5) is 32.9. The van der Waals surface area contributed by atoms with Crippen LogP contribution in [0.2, 0.25) is 0 Å². The molecular formula is C24H25BrN4O4. The summed E-state index contributed by atoms with van der Waals surface area (Å²) in [6.07, 6.45) is 0.783. The lowest BCUT2D eigenvalue weighted by Gasteiger charge is -2.14. The van der Waals surface area contributed by atoms with Crippen molar-refractivity contribution in [3.05, 3.63) is 73.3 Å². The molecule has 4 rings (SSSR count). The van der Waals surface area contributed by atoms with Gasteiger partial charge in [-0.15, -0.1) is 0 Å². The number of hydrogen-bond acceptors (Lipinski definition) is 5. The van der Waals surface area contributed by atoms with E-state index in [9.17, 15) is 9.59 Å². The standard InChI is InChI=1S/C24H25BrN4O4/c1-4-11-28-19-22(29(24(31)27-23(19)30)14-15-9-7-6-8-10-15)26-21(28)16-12-17(25)20(32-3)18(13-16)33-5-2/h6-10,12-13H,4-5,11,14H2,1-3H3,(H,27,30,31). The van der Waals surface area contributed by atoms with Crippen LogP contribution in [0.3, 0.4) is 0 Å². The van der Waals surface area contributed by atoms with Gasteiger partial charge in [0.25, 0.3) is 5.56 Å². The van der Waals surface area contributed by atoms with Crippen molar-refractivity contribution in [3.63, 3.8) is 0 Å². The minimum Gasteiger partial charge on any atom is -0.492 e. The molecule has 2 aromatic carbocycles. The summed E-state index contributed by atoms with van der Waals surface area (Å²) in [6.45, 7) is 5.25. The Morgan fingerprint density at radius 2 is 1.85 bits per heavy atom. The van der Waals surface area contributed by atoms with Crippen LogP contribution >= 0.6 is 15.9 Å². The van der Waals surface area contributed by atoms with Crippen molar-refractivity contribution < 1.29 is 9.47 Å². The van der Waals surface area contributed by atoms with Crippen LogP contribution in [0.15, 0.2) is 56.5 Å². The topological polar surface area (TPSA) is 91.1 Å². The summed E-state index contributed by atoms with van der Waals surface area (Å²) in [5.41, 5.74) is 1.45. The molecule has 8 nitrogen and oxygen atoms in total. The Bertz CT molecular complexity index is 1410. The van der Waals surface area contributed by atoms with Crippen molar-refractivity contribution in [2.24, 2.45) is 0 Å². The number of nitrogens with one attached hydrogen (secondary N) is 1. The highest BCUT2D eigenvalue weighted by Crippen LogP contribution is 2.39. The molecule has 2 aromatic heterocycles. The van der Waals surface area contributed by atoms with Crippen LogP contribution in [-0.4, -0.2) is 32.8 Å². The molecule has 0 saturated heterocycles. The number of nitrogens with zero attached hydrogens (tertiary/aromatic N) is 3. The van der Waals surface area contributed by atoms with Gasteiger partial charge in [0.2, 0.25) is 0 Å². The van der Waals surface area contributed by atoms with Gasteiger partial charge >= 0.3 is 5.69 Å². The molecule has 0 aliphatic rings. The van der Waals surface area contributed by atoms with Crippen LogP contribution in [0, 0.1) is 0 Å². The Morgan fingerprint density at radius 1 is 1.09 bits per heavy atom. The average molecular weight is 513 g/mol. The average Bonchev–Trinajstić information content (AvgIpc) is 3.17. The molecule has 0 spiro atoms. The van der Waals surface area contributed by atoms with E-state index in [-0.39, 0.29) is 0 Å². The number of imidazole rings is 1. The fourth-order valence-electron chi connectivity index (χ4n) is 3.91. The van der Waals surface area contributed by atoms with Gasteiger partial charge in [0.05, 0.1) is 24.7 Å². The predicted molar refractivity (Wildman–Crippen MR) is 131 cm³/mol. The quantitative estimate of drug-likeness (QED) is 0.382. The summed E-state index contributed by atoms with van der Waals surface area (Å²) in [7, 11) is 1.58. The number of aryl methyl sites for hydroxylation is 1. The van der Waals surface area contributed by atoms with Gasteiger partial charge in [-0.2, -0.15) is 0 Å². The van der Waals surface area contributed by atoms with Gasteiger partial charge in [0.1, 0.15) is 5.82 Å². The van der Waals surface area contributed by atoms with E-state index in [1.165, 1.54) is 4.57 Å². The van der Waals surface area contributed by atoms with E-state index in [1.54, 1.807) is 7.11 Å². The number of H-pyrrole nitrogens is 1. The summed E-state index contributed by atoms with van der Waals surface area (Å²) in [5, 5.41) is 0. The number of fused-ring (bicyclic) bond motifs is 1. The second-order valence-corrected chi connectivity index (χ2v) is 8.37. The fraction of sp³-hybridized carbons (Fsp3) is 0.292. The monoisotopic (exact) mass is 512 g/mol. The zero-order valence-electron chi connectivity index (χ0n) is 18.7. The van der Waals surface area contributed by atoms with Crippen molar-refractivity contribution in [3.8, 4) is 22.9 Å². The molecule has 0 saturated carbocycles. The lowest BCUT2D eigenvalue weighted by molar-refractivity contribution is 0.310. The molecule has 0 atom stereocenters. The first-order chi connectivity index (χ1) is 16.0. The molecule has 0 radical (unpaired) electrons. The van der Waals surface area contributed by atoms with Gasteiger partial charge < -0.3 is 14.0 Å². The zero-order valence-corrected chi connectivity index (χ0v) is 20.3. The molecule has 33 heavy (non-hydrogen) atoms. The number of aromatic amines is 1. The van der Waals surface area contributed by atoms with E-state index in [4.69, 9.17) is 14.5 Å². The van der Waals surface area contributed by atoms with Gasteiger partial charge in [-0.25, -0.2) is 9.78 Å². The zero-order chi connectivity index (χ0) is 23.5. The third kappa shape index (κ3) is 4.32. The summed E-state index contributed by atoms with van der Waals surface area (Å²) >= 11 is 3.55. The smallest absolute Gasteiger partial charge is 0.330 e. The number of aromatic nitrogens is 4. The van der Waals surface area contributed by atoms with Crippen LogP contribution in [0.4, 0.5) is 0 Å². The van der Waals surface area contributed by atoms with Crippen LogP contribution < -0.4 is 20.7 Å². The summed E-state index contributed by atoms with van der Waals surface area (Å²) in [5.74, 6) is 1.72. The fourth-order valence-corrected chi connectivity index (χ4v) is 4.51. The van der Waals surface area contributed by atoms with Crippen molar-refractivity contribution >= 4 is 27.1 Å². The molecule has 1 N–H and O–H groups in total. The minimum atomic E-state index is -0.491. The molecule has 0 unspecified atom stereocenters. The SMILES string of the molecule is CCCn1c(-c2cc(Br)c(OC)c(OCC)c2)nc2c1c(=O)[nH]c(=O)n2Cc1ccccc1. The Morgan fingerprint density at radius 3 is 2.52 bits per heavy atom. The normalized spacial score (nSPS) is 11.2. The Kier molecular flexibility index (Phi) is 6.69. The maximum absolute atomic E-state index is 12.9. The highest BCUT2D eigenvalue weighted by molar-refractivity contribution is 9.10. The summed E-state index contributed by atoms with van der Waals surface area (Å²) < 4.78 is 15.3. The van der Waals surface area contributed by atoms with Gasteiger partial charge in [-0.05, 0) is 47.0 Å². The first-order valence-electron chi connectivity index (χ1n) is 10.8. The Labute approximate surface area is 198 Å². The van der Waals surface area contributed by atoms with E-state index in [1.807, 2.05) is 60.9 Å². The first kappa shape index (κ1) is 22.8. The van der Waals surface area contributed by atoms with Crippen molar-refractivity contribution in [2.75, 3.05) is 13.7 Å². The second kappa shape index (κ2) is 9.66. The highest BCUT2D eigenvalue weighted by atomic mass is 79.9. The van der Waals surface area contributed by atoms with Crippen molar-refractivity contribution in [1.82, 2.24) is 19.1 Å². The molecule has 172 valence electrons. The van der Waals surface area contributed by atoms with Crippen LogP contribution in [0.1, 0.15) is 25.8 Å². The lowest BCUT2D eigenvalue weighted by atomic mass is 10.2. The molecule has 0 fully saturated rings. The number of ether oxygens (including phenoxy) is 2. The predicted octanol–water partition coefficient (Wildman–Crippen LogP) is 4.18.